The molecule has 0 fully saturated rings. The first kappa shape index (κ1) is 13.3. The molecular weight excluding hydrogens is 312 g/mol. The zero-order chi connectivity index (χ0) is 13.1. The van der Waals surface area contributed by atoms with Gasteiger partial charge in [-0.2, -0.15) is 0 Å². The summed E-state index contributed by atoms with van der Waals surface area (Å²) in [6.07, 6.45) is 0. The molecule has 0 saturated heterocycles. The highest BCUT2D eigenvalue weighted by molar-refractivity contribution is 9.10. The van der Waals surface area contributed by atoms with Crippen molar-refractivity contribution in [2.24, 2.45) is 0 Å². The third-order valence-corrected chi connectivity index (χ3v) is 4.28. The zero-order valence-corrected chi connectivity index (χ0v) is 12.2. The van der Waals surface area contributed by atoms with E-state index in [-0.39, 0.29) is 5.78 Å². The maximum absolute atomic E-state index is 12.4. The first-order valence-corrected chi connectivity index (χ1v) is 6.82. The van der Waals surface area contributed by atoms with Crippen LogP contribution in [0.4, 0.5) is 0 Å². The summed E-state index contributed by atoms with van der Waals surface area (Å²) < 4.78 is 0.816. The van der Waals surface area contributed by atoms with Crippen molar-refractivity contribution in [3.05, 3.63) is 69.7 Å². The molecule has 92 valence electrons. The van der Waals surface area contributed by atoms with E-state index in [2.05, 4.69) is 15.9 Å². The van der Waals surface area contributed by atoms with Crippen LogP contribution >= 0.6 is 27.5 Å². The molecule has 1 unspecified atom stereocenters. The number of hydrogen-bond donors (Lipinski definition) is 0. The van der Waals surface area contributed by atoms with Crippen LogP contribution in [0.2, 0.25) is 0 Å². The number of halogens is 2. The molecule has 0 bridgehead atoms. The Morgan fingerprint density at radius 3 is 2.44 bits per heavy atom. The van der Waals surface area contributed by atoms with Gasteiger partial charge in [-0.05, 0) is 34.0 Å². The molecule has 0 aliphatic heterocycles. The number of ketones is 1. The number of rotatable bonds is 3. The van der Waals surface area contributed by atoms with E-state index in [4.69, 9.17) is 11.6 Å². The molecule has 2 aromatic carbocycles. The monoisotopic (exact) mass is 322 g/mol. The van der Waals surface area contributed by atoms with Crippen molar-refractivity contribution >= 4 is 33.3 Å². The van der Waals surface area contributed by atoms with Crippen molar-refractivity contribution in [2.45, 2.75) is 12.3 Å². The van der Waals surface area contributed by atoms with Gasteiger partial charge in [-0.1, -0.05) is 48.5 Å². The first-order chi connectivity index (χ1) is 8.61. The molecule has 3 heteroatoms. The third-order valence-electron chi connectivity index (χ3n) is 2.78. The average Bonchev–Trinajstić information content (AvgIpc) is 2.41. The Morgan fingerprint density at radius 1 is 1.11 bits per heavy atom. The van der Waals surface area contributed by atoms with Gasteiger partial charge in [0.2, 0.25) is 0 Å². The van der Waals surface area contributed by atoms with Crippen molar-refractivity contribution in [3.8, 4) is 0 Å². The van der Waals surface area contributed by atoms with Crippen LogP contribution in [-0.4, -0.2) is 5.78 Å². The van der Waals surface area contributed by atoms with E-state index >= 15 is 0 Å². The van der Waals surface area contributed by atoms with E-state index in [0.717, 1.165) is 15.6 Å². The fraction of sp³-hybridized carbons (Fsp3) is 0.133. The molecule has 18 heavy (non-hydrogen) atoms. The molecule has 0 spiro atoms. The van der Waals surface area contributed by atoms with Gasteiger partial charge in [0.1, 0.15) is 5.38 Å². The Morgan fingerprint density at radius 2 is 1.78 bits per heavy atom. The normalized spacial score (nSPS) is 12.2. The van der Waals surface area contributed by atoms with Gasteiger partial charge in [0.15, 0.2) is 5.78 Å². The molecular formula is C15H12BrClO. The van der Waals surface area contributed by atoms with Gasteiger partial charge < -0.3 is 0 Å². The van der Waals surface area contributed by atoms with Crippen LogP contribution in [0.5, 0.6) is 0 Å². The lowest BCUT2D eigenvalue weighted by atomic mass is 10.0. The summed E-state index contributed by atoms with van der Waals surface area (Å²) in [4.78, 5) is 12.4. The van der Waals surface area contributed by atoms with Crippen LogP contribution in [0.1, 0.15) is 26.9 Å². The standard InChI is InChI=1S/C15H12BrClO/c1-10-6-5-9-12(13(10)16)15(18)14(17)11-7-3-2-4-8-11/h2-9,14H,1H3. The minimum Gasteiger partial charge on any atom is -0.292 e. The molecule has 0 aliphatic carbocycles. The molecule has 2 aromatic rings. The summed E-state index contributed by atoms with van der Waals surface area (Å²) in [7, 11) is 0. The second kappa shape index (κ2) is 5.68. The predicted octanol–water partition coefficient (Wildman–Crippen LogP) is 4.92. The van der Waals surface area contributed by atoms with Crippen molar-refractivity contribution in [1.29, 1.82) is 0 Å². The molecule has 0 aliphatic rings. The maximum Gasteiger partial charge on any atom is 0.186 e. The van der Waals surface area contributed by atoms with Crippen LogP contribution in [0.25, 0.3) is 0 Å². The van der Waals surface area contributed by atoms with Gasteiger partial charge >= 0.3 is 0 Å². The number of benzene rings is 2. The highest BCUT2D eigenvalue weighted by Gasteiger charge is 2.21. The van der Waals surface area contributed by atoms with Crippen LogP contribution in [-0.2, 0) is 0 Å². The highest BCUT2D eigenvalue weighted by atomic mass is 79.9. The molecule has 2 rings (SSSR count). The number of hydrogen-bond acceptors (Lipinski definition) is 1. The molecule has 0 radical (unpaired) electrons. The Kier molecular flexibility index (Phi) is 4.20. The maximum atomic E-state index is 12.4. The molecule has 1 nitrogen and oxygen atoms in total. The Labute approximate surface area is 120 Å². The second-order valence-corrected chi connectivity index (χ2v) is 5.30. The SMILES string of the molecule is Cc1cccc(C(=O)C(Cl)c2ccccc2)c1Br. The summed E-state index contributed by atoms with van der Waals surface area (Å²) in [6.45, 7) is 1.95. The number of alkyl halides is 1. The topological polar surface area (TPSA) is 17.1 Å². The average molecular weight is 324 g/mol. The fourth-order valence-corrected chi connectivity index (χ4v) is 2.47. The van der Waals surface area contributed by atoms with Gasteiger partial charge in [0.25, 0.3) is 0 Å². The van der Waals surface area contributed by atoms with Gasteiger partial charge in [0, 0.05) is 10.0 Å². The van der Waals surface area contributed by atoms with Crippen molar-refractivity contribution in [2.75, 3.05) is 0 Å². The van der Waals surface area contributed by atoms with Crippen LogP contribution in [0.15, 0.2) is 53.0 Å². The predicted molar refractivity (Wildman–Crippen MR) is 78.2 cm³/mol. The summed E-state index contributed by atoms with van der Waals surface area (Å²) in [5, 5.41) is -0.649. The highest BCUT2D eigenvalue weighted by Crippen LogP contribution is 2.29. The van der Waals surface area contributed by atoms with Crippen LogP contribution in [0.3, 0.4) is 0 Å². The molecule has 0 N–H and O–H groups in total. The minimum atomic E-state index is -0.649. The number of carbonyl (C=O) groups excluding carboxylic acids is 1. The molecule has 1 atom stereocenters. The van der Waals surface area contributed by atoms with E-state index in [1.807, 2.05) is 49.4 Å². The molecule has 0 saturated carbocycles. The fourth-order valence-electron chi connectivity index (χ4n) is 1.75. The quantitative estimate of drug-likeness (QED) is 0.579. The smallest absolute Gasteiger partial charge is 0.186 e. The summed E-state index contributed by atoms with van der Waals surface area (Å²) in [5.74, 6) is -0.0848. The number of Topliss-reactive ketones (excluding diaryl/α,β-unsaturated/α-hetero) is 1. The number of aryl methyl sites for hydroxylation is 1. The molecule has 0 heterocycles. The van der Waals surface area contributed by atoms with Crippen molar-refractivity contribution < 1.29 is 4.79 Å². The first-order valence-electron chi connectivity index (χ1n) is 5.59. The molecule has 0 aromatic heterocycles. The zero-order valence-electron chi connectivity index (χ0n) is 9.86. The Bertz CT molecular complexity index is 566. The summed E-state index contributed by atoms with van der Waals surface area (Å²) in [5.41, 5.74) is 2.47. The number of carbonyl (C=O) groups is 1. The third kappa shape index (κ3) is 2.65. The van der Waals surface area contributed by atoms with Crippen molar-refractivity contribution in [3.63, 3.8) is 0 Å². The van der Waals surface area contributed by atoms with Gasteiger partial charge in [-0.3, -0.25) is 4.79 Å². The van der Waals surface area contributed by atoms with E-state index in [0.29, 0.717) is 5.56 Å². The van der Waals surface area contributed by atoms with Gasteiger partial charge in [0.05, 0.1) is 0 Å². The Balaban J connectivity index is 2.35. The van der Waals surface area contributed by atoms with Crippen LogP contribution < -0.4 is 0 Å². The Hall–Kier alpha value is -1.12. The van der Waals surface area contributed by atoms with Crippen LogP contribution in [0, 0.1) is 6.92 Å². The summed E-state index contributed by atoms with van der Waals surface area (Å²) >= 11 is 9.69. The van der Waals surface area contributed by atoms with Gasteiger partial charge in [-0.25, -0.2) is 0 Å². The van der Waals surface area contributed by atoms with E-state index < -0.39 is 5.38 Å². The molecule has 0 amide bonds. The van der Waals surface area contributed by atoms with Gasteiger partial charge in [-0.15, -0.1) is 11.6 Å². The van der Waals surface area contributed by atoms with E-state index in [9.17, 15) is 4.79 Å². The minimum absolute atomic E-state index is 0.0848. The largest absolute Gasteiger partial charge is 0.292 e. The summed E-state index contributed by atoms with van der Waals surface area (Å²) in [6, 6.07) is 15.0. The van der Waals surface area contributed by atoms with Crippen molar-refractivity contribution in [1.82, 2.24) is 0 Å². The lowest BCUT2D eigenvalue weighted by Gasteiger charge is -2.11. The van der Waals surface area contributed by atoms with E-state index in [1.165, 1.54) is 0 Å². The van der Waals surface area contributed by atoms with E-state index in [1.54, 1.807) is 6.07 Å². The lowest BCUT2D eigenvalue weighted by molar-refractivity contribution is 0.0986. The second-order valence-electron chi connectivity index (χ2n) is 4.07. The lowest BCUT2D eigenvalue weighted by Crippen LogP contribution is -2.08.